The van der Waals surface area contributed by atoms with E-state index in [1.165, 1.54) is 6.42 Å². The molecule has 0 aliphatic heterocycles. The molecule has 0 aromatic carbocycles. The zero-order valence-corrected chi connectivity index (χ0v) is 18.9. The van der Waals surface area contributed by atoms with Gasteiger partial charge in [-0.2, -0.15) is 0 Å². The van der Waals surface area contributed by atoms with Gasteiger partial charge in [-0.05, 0) is 74.0 Å². The number of hydrogen-bond acceptors (Lipinski definition) is 4. The van der Waals surface area contributed by atoms with Crippen molar-refractivity contribution >= 4 is 12.1 Å². The smallest absolute Gasteiger partial charge is 0.408 e. The van der Waals surface area contributed by atoms with E-state index in [2.05, 4.69) is 39.7 Å². The Labute approximate surface area is 166 Å². The zero-order chi connectivity index (χ0) is 20.9. The number of aliphatic imine (C=N–C) groups is 1. The maximum absolute atomic E-state index is 12.0. The molecule has 3 N–H and O–H groups in total. The van der Waals surface area contributed by atoms with Gasteiger partial charge in [-0.25, -0.2) is 4.79 Å². The van der Waals surface area contributed by atoms with Gasteiger partial charge in [0, 0.05) is 13.1 Å². The second-order valence-electron chi connectivity index (χ2n) is 8.37. The number of nitrogens with one attached hydrogen (secondary N) is 3. The molecule has 0 bridgehead atoms. The Morgan fingerprint density at radius 1 is 1.00 bits per heavy atom. The van der Waals surface area contributed by atoms with Crippen LogP contribution in [0.4, 0.5) is 4.79 Å². The summed E-state index contributed by atoms with van der Waals surface area (Å²) >= 11 is 0. The molecule has 0 aromatic heterocycles. The van der Waals surface area contributed by atoms with Crippen molar-refractivity contribution in [2.24, 2.45) is 4.99 Å². The number of carbonyl (C=O) groups excluding carboxylic acids is 1. The standard InChI is InChI=1S/C20H43N5O2/c1-9-21-17(22-14-12-13-15-25(10-2)11-3)23-16-20(7,8)24-18(26)27-19(4,5)6/h9-16H2,1-8H3,(H,24,26)(H2,21,22,23). The SMILES string of the molecule is CCNC(=NCC(C)(C)NC(=O)OC(C)(C)C)NCCCCN(CC)CC. The number of hydrogen-bond donors (Lipinski definition) is 3. The van der Waals surface area contributed by atoms with Gasteiger partial charge in [-0.1, -0.05) is 13.8 Å². The highest BCUT2D eigenvalue weighted by molar-refractivity contribution is 5.79. The average molecular weight is 386 g/mol. The van der Waals surface area contributed by atoms with Gasteiger partial charge in [0.25, 0.3) is 0 Å². The van der Waals surface area contributed by atoms with Crippen molar-refractivity contribution in [1.82, 2.24) is 20.9 Å². The molecule has 0 saturated heterocycles. The van der Waals surface area contributed by atoms with Gasteiger partial charge in [0.15, 0.2) is 5.96 Å². The third-order valence-corrected chi connectivity index (χ3v) is 3.90. The summed E-state index contributed by atoms with van der Waals surface area (Å²) in [6.45, 7) is 21.4. The van der Waals surface area contributed by atoms with Gasteiger partial charge in [-0.15, -0.1) is 0 Å². The highest BCUT2D eigenvalue weighted by atomic mass is 16.6. The van der Waals surface area contributed by atoms with Gasteiger partial charge in [-0.3, -0.25) is 4.99 Å². The predicted molar refractivity (Wildman–Crippen MR) is 114 cm³/mol. The largest absolute Gasteiger partial charge is 0.444 e. The van der Waals surface area contributed by atoms with E-state index < -0.39 is 17.2 Å². The average Bonchev–Trinajstić information content (AvgIpc) is 2.53. The lowest BCUT2D eigenvalue weighted by molar-refractivity contribution is 0.0476. The van der Waals surface area contributed by atoms with Gasteiger partial charge in [0.05, 0.1) is 12.1 Å². The Morgan fingerprint density at radius 3 is 2.15 bits per heavy atom. The fraction of sp³-hybridized carbons (Fsp3) is 0.900. The van der Waals surface area contributed by atoms with Crippen LogP contribution in [-0.4, -0.2) is 67.4 Å². The molecule has 0 spiro atoms. The highest BCUT2D eigenvalue weighted by Crippen LogP contribution is 2.09. The molecular formula is C20H43N5O2. The summed E-state index contributed by atoms with van der Waals surface area (Å²) in [5.74, 6) is 0.777. The van der Waals surface area contributed by atoms with Crippen molar-refractivity contribution in [2.45, 2.75) is 79.4 Å². The lowest BCUT2D eigenvalue weighted by Crippen LogP contribution is -2.49. The van der Waals surface area contributed by atoms with E-state index in [1.807, 2.05) is 41.5 Å². The molecule has 0 unspecified atom stereocenters. The minimum Gasteiger partial charge on any atom is -0.444 e. The first-order valence-corrected chi connectivity index (χ1v) is 10.3. The molecule has 160 valence electrons. The lowest BCUT2D eigenvalue weighted by atomic mass is 10.1. The molecule has 0 aromatic rings. The number of amides is 1. The maximum atomic E-state index is 12.0. The van der Waals surface area contributed by atoms with Crippen LogP contribution in [0.2, 0.25) is 0 Å². The van der Waals surface area contributed by atoms with Crippen molar-refractivity contribution in [2.75, 3.05) is 39.3 Å². The third-order valence-electron chi connectivity index (χ3n) is 3.90. The molecule has 0 saturated carbocycles. The number of carbonyl (C=O) groups is 1. The number of alkyl carbamates (subject to hydrolysis) is 1. The quantitative estimate of drug-likeness (QED) is 0.289. The van der Waals surface area contributed by atoms with Crippen molar-refractivity contribution in [3.63, 3.8) is 0 Å². The summed E-state index contributed by atoms with van der Waals surface area (Å²) in [7, 11) is 0. The second kappa shape index (κ2) is 12.8. The van der Waals surface area contributed by atoms with E-state index in [1.54, 1.807) is 0 Å². The summed E-state index contributed by atoms with van der Waals surface area (Å²) in [6.07, 6.45) is 1.84. The van der Waals surface area contributed by atoms with Crippen LogP contribution in [0.25, 0.3) is 0 Å². The molecule has 27 heavy (non-hydrogen) atoms. The number of guanidine groups is 1. The molecular weight excluding hydrogens is 342 g/mol. The predicted octanol–water partition coefficient (Wildman–Crippen LogP) is 2.97. The molecule has 0 rings (SSSR count). The summed E-state index contributed by atoms with van der Waals surface area (Å²) in [5, 5.41) is 9.51. The first kappa shape index (κ1) is 25.5. The Balaban J connectivity index is 4.42. The van der Waals surface area contributed by atoms with Crippen LogP contribution in [0.15, 0.2) is 4.99 Å². The van der Waals surface area contributed by atoms with Crippen LogP contribution in [0, 0.1) is 0 Å². The van der Waals surface area contributed by atoms with E-state index in [-0.39, 0.29) is 0 Å². The molecule has 7 nitrogen and oxygen atoms in total. The highest BCUT2D eigenvalue weighted by Gasteiger charge is 2.24. The molecule has 0 atom stereocenters. The van der Waals surface area contributed by atoms with Gasteiger partial charge in [0.2, 0.25) is 0 Å². The molecule has 0 fully saturated rings. The first-order chi connectivity index (χ1) is 12.5. The van der Waals surface area contributed by atoms with E-state index in [9.17, 15) is 4.79 Å². The topological polar surface area (TPSA) is 78.0 Å². The van der Waals surface area contributed by atoms with Crippen LogP contribution in [-0.2, 0) is 4.74 Å². The van der Waals surface area contributed by atoms with Crippen LogP contribution in [0.3, 0.4) is 0 Å². The second-order valence-corrected chi connectivity index (χ2v) is 8.37. The van der Waals surface area contributed by atoms with Crippen molar-refractivity contribution in [1.29, 1.82) is 0 Å². The fourth-order valence-corrected chi connectivity index (χ4v) is 2.44. The van der Waals surface area contributed by atoms with Gasteiger partial charge in [0.1, 0.15) is 5.60 Å². The minimum absolute atomic E-state index is 0.419. The van der Waals surface area contributed by atoms with Crippen LogP contribution in [0.1, 0.15) is 68.2 Å². The first-order valence-electron chi connectivity index (χ1n) is 10.3. The van der Waals surface area contributed by atoms with E-state index in [4.69, 9.17) is 4.74 Å². The van der Waals surface area contributed by atoms with Crippen molar-refractivity contribution < 1.29 is 9.53 Å². The monoisotopic (exact) mass is 385 g/mol. The Kier molecular flexibility index (Phi) is 12.1. The molecule has 0 heterocycles. The summed E-state index contributed by atoms with van der Waals surface area (Å²) in [4.78, 5) is 19.0. The van der Waals surface area contributed by atoms with Crippen LogP contribution >= 0.6 is 0 Å². The van der Waals surface area contributed by atoms with Gasteiger partial charge < -0.3 is 25.6 Å². The molecule has 1 amide bonds. The molecule has 0 radical (unpaired) electrons. The van der Waals surface area contributed by atoms with Gasteiger partial charge >= 0.3 is 6.09 Å². The summed E-state index contributed by atoms with van der Waals surface area (Å²) < 4.78 is 5.32. The number of nitrogens with zero attached hydrogens (tertiary/aromatic N) is 2. The molecule has 0 aliphatic carbocycles. The molecule has 7 heteroatoms. The molecule has 0 aliphatic rings. The van der Waals surface area contributed by atoms with E-state index >= 15 is 0 Å². The normalized spacial score (nSPS) is 12.9. The Bertz CT molecular complexity index is 440. The number of rotatable bonds is 11. The van der Waals surface area contributed by atoms with Crippen molar-refractivity contribution in [3.8, 4) is 0 Å². The lowest BCUT2D eigenvalue weighted by Gasteiger charge is -2.27. The maximum Gasteiger partial charge on any atom is 0.408 e. The summed E-state index contributed by atoms with van der Waals surface area (Å²) in [5.41, 5.74) is -1.00. The Morgan fingerprint density at radius 2 is 1.63 bits per heavy atom. The third kappa shape index (κ3) is 14.3. The van der Waals surface area contributed by atoms with E-state index in [0.29, 0.717) is 6.54 Å². The number of unbranched alkanes of at least 4 members (excludes halogenated alkanes) is 1. The van der Waals surface area contributed by atoms with Crippen LogP contribution < -0.4 is 16.0 Å². The van der Waals surface area contributed by atoms with E-state index in [0.717, 1.165) is 45.1 Å². The Hall–Kier alpha value is -1.50. The summed E-state index contributed by atoms with van der Waals surface area (Å²) in [6, 6.07) is 0. The van der Waals surface area contributed by atoms with Crippen molar-refractivity contribution in [3.05, 3.63) is 0 Å². The zero-order valence-electron chi connectivity index (χ0n) is 18.9. The van der Waals surface area contributed by atoms with Crippen LogP contribution in [0.5, 0.6) is 0 Å². The minimum atomic E-state index is -0.509. The number of ether oxygens (including phenoxy) is 1. The fourth-order valence-electron chi connectivity index (χ4n) is 2.44.